The number of aromatic nitrogens is 2. The summed E-state index contributed by atoms with van der Waals surface area (Å²) in [5, 5.41) is 2.60. The van der Waals surface area contributed by atoms with Crippen molar-refractivity contribution >= 4 is 33.6 Å². The highest BCUT2D eigenvalue weighted by molar-refractivity contribution is 7.99. The van der Waals surface area contributed by atoms with E-state index in [4.69, 9.17) is 0 Å². The summed E-state index contributed by atoms with van der Waals surface area (Å²) in [4.78, 5) is 7.13. The Morgan fingerprint density at radius 1 is 0.800 bits per heavy atom. The molecule has 1 aliphatic heterocycles. The fourth-order valence-corrected chi connectivity index (χ4v) is 4.10. The molecule has 0 spiro atoms. The molecule has 5 rings (SSSR count). The van der Waals surface area contributed by atoms with Gasteiger partial charge in [-0.1, -0.05) is 42.1 Å². The molecule has 4 aromatic rings. The van der Waals surface area contributed by atoms with Crippen molar-refractivity contribution < 1.29 is 0 Å². The van der Waals surface area contributed by atoms with E-state index in [0.29, 0.717) is 0 Å². The summed E-state index contributed by atoms with van der Waals surface area (Å²) in [6.07, 6.45) is 1.87. The van der Waals surface area contributed by atoms with Gasteiger partial charge >= 0.3 is 0 Å². The first kappa shape index (κ1) is 10.5. The normalized spacial score (nSPS) is 12.8. The first-order valence-corrected chi connectivity index (χ1v) is 7.40. The maximum atomic E-state index is 4.61. The molecule has 1 aliphatic rings. The summed E-state index contributed by atoms with van der Waals surface area (Å²) in [5.74, 6) is 1.04. The predicted molar refractivity (Wildman–Crippen MR) is 82.7 cm³/mol. The molecule has 0 N–H and O–H groups in total. The van der Waals surface area contributed by atoms with Crippen LogP contribution in [0.5, 0.6) is 0 Å². The zero-order chi connectivity index (χ0) is 13.1. The molecule has 0 amide bonds. The van der Waals surface area contributed by atoms with Crippen LogP contribution in [0.15, 0.2) is 70.6 Å². The Morgan fingerprint density at radius 2 is 1.65 bits per heavy atom. The molecule has 0 aliphatic carbocycles. The van der Waals surface area contributed by atoms with Crippen molar-refractivity contribution in [1.29, 1.82) is 0 Å². The first-order valence-electron chi connectivity index (χ1n) is 6.59. The molecule has 2 nitrogen and oxygen atoms in total. The van der Waals surface area contributed by atoms with Crippen LogP contribution in [0.4, 0.5) is 0 Å². The molecule has 2 aromatic carbocycles. The fourth-order valence-electron chi connectivity index (χ4n) is 3.04. The van der Waals surface area contributed by atoms with Crippen LogP contribution in [0.2, 0.25) is 0 Å². The lowest BCUT2D eigenvalue weighted by atomic mass is 10.1. The average Bonchev–Trinajstić information content (AvgIpc) is 2.85. The van der Waals surface area contributed by atoms with Gasteiger partial charge in [0.25, 0.3) is 0 Å². The molecule has 94 valence electrons. The van der Waals surface area contributed by atoms with Crippen LogP contribution in [0.1, 0.15) is 0 Å². The minimum atomic E-state index is 1.04. The molecule has 0 saturated carbocycles. The maximum Gasteiger partial charge on any atom is 0.151 e. The van der Waals surface area contributed by atoms with E-state index in [-0.39, 0.29) is 0 Å². The minimum absolute atomic E-state index is 1.04. The molecule has 0 unspecified atom stereocenters. The number of pyridine rings is 1. The van der Waals surface area contributed by atoms with Crippen LogP contribution in [-0.2, 0) is 0 Å². The van der Waals surface area contributed by atoms with Gasteiger partial charge in [-0.05, 0) is 24.3 Å². The summed E-state index contributed by atoms with van der Waals surface area (Å²) in [7, 11) is 0. The molecule has 3 heterocycles. The number of fused-ring (bicyclic) bond motifs is 5. The number of para-hydroxylation sites is 2. The highest BCUT2D eigenvalue weighted by Gasteiger charge is 2.22. The Labute approximate surface area is 120 Å². The Morgan fingerprint density at radius 3 is 2.65 bits per heavy atom. The minimum Gasteiger partial charge on any atom is -0.292 e. The molecule has 0 atom stereocenters. The van der Waals surface area contributed by atoms with Gasteiger partial charge in [-0.3, -0.25) is 4.57 Å². The smallest absolute Gasteiger partial charge is 0.151 e. The fraction of sp³-hybridized carbons (Fsp3) is 0. The van der Waals surface area contributed by atoms with Gasteiger partial charge in [0.2, 0.25) is 0 Å². The van der Waals surface area contributed by atoms with Crippen molar-refractivity contribution in [2.24, 2.45) is 0 Å². The molecule has 0 radical (unpaired) electrons. The average molecular weight is 274 g/mol. The Kier molecular flexibility index (Phi) is 1.92. The quantitative estimate of drug-likeness (QED) is 0.409. The first-order chi connectivity index (χ1) is 9.93. The third-order valence-electron chi connectivity index (χ3n) is 3.84. The second-order valence-electron chi connectivity index (χ2n) is 4.93. The molecule has 20 heavy (non-hydrogen) atoms. The van der Waals surface area contributed by atoms with E-state index in [1.807, 2.05) is 12.3 Å². The Balaban J connectivity index is 2.12. The Bertz CT molecular complexity index is 985. The van der Waals surface area contributed by atoms with Crippen LogP contribution in [0.25, 0.3) is 27.6 Å². The van der Waals surface area contributed by atoms with E-state index in [9.17, 15) is 0 Å². The van der Waals surface area contributed by atoms with Crippen LogP contribution in [-0.4, -0.2) is 9.55 Å². The molecular weight excluding hydrogens is 264 g/mol. The lowest BCUT2D eigenvalue weighted by molar-refractivity contribution is 1.01. The van der Waals surface area contributed by atoms with Crippen molar-refractivity contribution in [3.63, 3.8) is 0 Å². The summed E-state index contributed by atoms with van der Waals surface area (Å²) in [6, 6.07) is 19.2. The molecule has 0 bridgehead atoms. The summed E-state index contributed by atoms with van der Waals surface area (Å²) < 4.78 is 2.30. The van der Waals surface area contributed by atoms with Crippen molar-refractivity contribution in [3.05, 3.63) is 60.8 Å². The van der Waals surface area contributed by atoms with Gasteiger partial charge in [0.1, 0.15) is 0 Å². The number of hydrogen-bond donors (Lipinski definition) is 0. The Hall–Kier alpha value is -2.26. The van der Waals surface area contributed by atoms with Gasteiger partial charge in [-0.2, -0.15) is 0 Å². The topological polar surface area (TPSA) is 17.8 Å². The lowest BCUT2D eigenvalue weighted by Crippen LogP contribution is -2.03. The molecule has 0 saturated heterocycles. The zero-order valence-electron chi connectivity index (χ0n) is 10.6. The SMILES string of the molecule is c1cnc2c(c1)Sc1cccc3c4ccccc4n-2c13. The van der Waals surface area contributed by atoms with Gasteiger partial charge in [0.05, 0.1) is 15.9 Å². The zero-order valence-corrected chi connectivity index (χ0v) is 11.4. The van der Waals surface area contributed by atoms with Gasteiger partial charge < -0.3 is 0 Å². The second-order valence-corrected chi connectivity index (χ2v) is 6.02. The summed E-state index contributed by atoms with van der Waals surface area (Å²) in [5.41, 5.74) is 2.51. The second kappa shape index (κ2) is 3.64. The number of rotatable bonds is 0. The summed E-state index contributed by atoms with van der Waals surface area (Å²) in [6.45, 7) is 0. The highest BCUT2D eigenvalue weighted by Crippen LogP contribution is 2.45. The van der Waals surface area contributed by atoms with Crippen molar-refractivity contribution in [3.8, 4) is 5.82 Å². The predicted octanol–water partition coefficient (Wildman–Crippen LogP) is 4.64. The van der Waals surface area contributed by atoms with Crippen LogP contribution < -0.4 is 0 Å². The van der Waals surface area contributed by atoms with E-state index in [0.717, 1.165) is 5.82 Å². The third kappa shape index (κ3) is 1.18. The van der Waals surface area contributed by atoms with Gasteiger partial charge in [0, 0.05) is 21.9 Å². The largest absolute Gasteiger partial charge is 0.292 e. The lowest BCUT2D eigenvalue weighted by Gasteiger charge is -2.18. The standard InChI is InChI=1S/C17H10N2S/c1-2-7-13-11(5-1)12-6-3-8-14-16(12)19(13)17-15(20-14)9-4-10-18-17/h1-10H. The van der Waals surface area contributed by atoms with Crippen LogP contribution >= 0.6 is 11.8 Å². The van der Waals surface area contributed by atoms with Crippen molar-refractivity contribution in [2.45, 2.75) is 9.79 Å². The van der Waals surface area contributed by atoms with Gasteiger partial charge in [0.15, 0.2) is 5.82 Å². The highest BCUT2D eigenvalue weighted by atomic mass is 32.2. The van der Waals surface area contributed by atoms with Gasteiger partial charge in [-0.15, -0.1) is 0 Å². The third-order valence-corrected chi connectivity index (χ3v) is 4.93. The monoisotopic (exact) mass is 274 g/mol. The number of hydrogen-bond acceptors (Lipinski definition) is 2. The summed E-state index contributed by atoms with van der Waals surface area (Å²) >= 11 is 1.81. The molecule has 2 aromatic heterocycles. The molecular formula is C17H10N2S. The number of nitrogens with zero attached hydrogens (tertiary/aromatic N) is 2. The van der Waals surface area contributed by atoms with Crippen LogP contribution in [0.3, 0.4) is 0 Å². The van der Waals surface area contributed by atoms with E-state index < -0.39 is 0 Å². The van der Waals surface area contributed by atoms with E-state index in [1.165, 1.54) is 31.6 Å². The van der Waals surface area contributed by atoms with E-state index >= 15 is 0 Å². The van der Waals surface area contributed by atoms with Crippen molar-refractivity contribution in [2.75, 3.05) is 0 Å². The maximum absolute atomic E-state index is 4.61. The van der Waals surface area contributed by atoms with Crippen LogP contribution in [0, 0.1) is 0 Å². The number of benzene rings is 2. The molecule has 3 heteroatoms. The molecule has 0 fully saturated rings. The van der Waals surface area contributed by atoms with Gasteiger partial charge in [-0.25, -0.2) is 4.98 Å². The van der Waals surface area contributed by atoms with E-state index in [2.05, 4.69) is 58.1 Å². The van der Waals surface area contributed by atoms with Crippen molar-refractivity contribution in [1.82, 2.24) is 9.55 Å². The van der Waals surface area contributed by atoms with E-state index in [1.54, 1.807) is 11.8 Å².